The molecule has 11 heteroatoms. The molecule has 0 saturated carbocycles. The summed E-state index contributed by atoms with van der Waals surface area (Å²) in [5, 5.41) is 4.10. The maximum Gasteiger partial charge on any atom is 0.355 e. The van der Waals surface area contributed by atoms with E-state index in [1.54, 1.807) is 18.2 Å². The second-order valence-corrected chi connectivity index (χ2v) is 8.46. The highest BCUT2D eigenvalue weighted by molar-refractivity contribution is 6.37. The first kappa shape index (κ1) is 21.4. The third-order valence-electron chi connectivity index (χ3n) is 5.33. The van der Waals surface area contributed by atoms with Crippen LogP contribution >= 0.6 is 23.2 Å². The molecule has 2 aromatic heterocycles. The Balaban J connectivity index is 1.52. The molecule has 3 heterocycles. The predicted octanol–water partition coefficient (Wildman–Crippen LogP) is 3.63. The van der Waals surface area contributed by atoms with E-state index in [0.717, 1.165) is 34.7 Å². The van der Waals surface area contributed by atoms with E-state index in [0.29, 0.717) is 12.0 Å². The Hall–Kier alpha value is -3.40. The number of hydrogen-bond acceptors (Lipinski definition) is 8. The van der Waals surface area contributed by atoms with Crippen molar-refractivity contribution in [1.82, 2.24) is 24.4 Å². The molecule has 4 aromatic rings. The van der Waals surface area contributed by atoms with Crippen molar-refractivity contribution in [2.24, 2.45) is 0 Å². The molecule has 5 rings (SSSR count). The number of aromatic nitrogens is 4. The lowest BCUT2D eigenvalue weighted by Gasteiger charge is -2.14. The standard InChI is InChI=1S/C22H19Cl2N7O2/c1-30-7-8-33-17-6-5-13(9-12(17)11-30)27-21-26-10-14-19(25)31(22(32)29-20(14)28-21)18-15(23)3-2-4-16(18)24/h2-6,9-10H,7-8,11,25H2,1H3,(H,27,28,29,32). The fourth-order valence-corrected chi connectivity index (χ4v) is 4.28. The minimum atomic E-state index is -0.648. The van der Waals surface area contributed by atoms with Gasteiger partial charge in [-0.3, -0.25) is 4.90 Å². The van der Waals surface area contributed by atoms with Gasteiger partial charge in [-0.25, -0.2) is 14.3 Å². The molecule has 33 heavy (non-hydrogen) atoms. The molecule has 2 aromatic carbocycles. The molecule has 9 nitrogen and oxygen atoms in total. The molecular weight excluding hydrogens is 465 g/mol. The SMILES string of the molecule is CN1CCOc2ccc(Nc3ncc4c(N)n(-c5c(Cl)cccc5Cl)c(=O)nc4n3)cc2C1. The van der Waals surface area contributed by atoms with Gasteiger partial charge in [-0.05, 0) is 37.4 Å². The van der Waals surface area contributed by atoms with E-state index in [2.05, 4.69) is 25.2 Å². The summed E-state index contributed by atoms with van der Waals surface area (Å²) in [4.78, 5) is 27.8. The first-order valence-electron chi connectivity index (χ1n) is 10.1. The molecule has 0 fully saturated rings. The summed E-state index contributed by atoms with van der Waals surface area (Å²) in [7, 11) is 2.05. The normalized spacial score (nSPS) is 13.9. The van der Waals surface area contributed by atoms with Crippen LogP contribution in [0.3, 0.4) is 0 Å². The molecule has 0 spiro atoms. The highest BCUT2D eigenvalue weighted by atomic mass is 35.5. The second-order valence-electron chi connectivity index (χ2n) is 7.65. The summed E-state index contributed by atoms with van der Waals surface area (Å²) in [6.45, 7) is 2.27. The summed E-state index contributed by atoms with van der Waals surface area (Å²) in [6.07, 6.45) is 1.51. The second kappa shape index (κ2) is 8.51. The summed E-state index contributed by atoms with van der Waals surface area (Å²) >= 11 is 12.5. The lowest BCUT2D eigenvalue weighted by atomic mass is 10.1. The Kier molecular flexibility index (Phi) is 5.53. The van der Waals surface area contributed by atoms with E-state index in [1.807, 2.05) is 25.2 Å². The van der Waals surface area contributed by atoms with E-state index in [4.69, 9.17) is 33.7 Å². The number of anilines is 3. The minimum Gasteiger partial charge on any atom is -0.492 e. The fourth-order valence-electron chi connectivity index (χ4n) is 3.71. The topological polar surface area (TPSA) is 111 Å². The van der Waals surface area contributed by atoms with Gasteiger partial charge in [0.05, 0.1) is 21.1 Å². The summed E-state index contributed by atoms with van der Waals surface area (Å²) in [5.41, 5.74) is 7.90. The number of rotatable bonds is 3. The number of ether oxygens (including phenoxy) is 1. The molecule has 1 aliphatic rings. The zero-order chi connectivity index (χ0) is 23.1. The third kappa shape index (κ3) is 4.06. The highest BCUT2D eigenvalue weighted by Gasteiger charge is 2.18. The number of nitrogens with zero attached hydrogens (tertiary/aromatic N) is 5. The molecule has 168 valence electrons. The van der Waals surface area contributed by atoms with Gasteiger partial charge in [0, 0.05) is 30.5 Å². The van der Waals surface area contributed by atoms with Gasteiger partial charge in [0.25, 0.3) is 0 Å². The number of halogens is 2. The van der Waals surface area contributed by atoms with Crippen LogP contribution in [0.5, 0.6) is 5.75 Å². The number of fused-ring (bicyclic) bond motifs is 2. The lowest BCUT2D eigenvalue weighted by molar-refractivity contribution is 0.259. The number of hydrogen-bond donors (Lipinski definition) is 2. The first-order chi connectivity index (χ1) is 15.9. The lowest BCUT2D eigenvalue weighted by Crippen LogP contribution is -2.25. The van der Waals surface area contributed by atoms with Crippen molar-refractivity contribution in [3.05, 3.63) is 68.7 Å². The van der Waals surface area contributed by atoms with Gasteiger partial charge in [-0.2, -0.15) is 9.97 Å². The molecule has 1 aliphatic heterocycles. The quantitative estimate of drug-likeness (QED) is 0.454. The molecule has 3 N–H and O–H groups in total. The monoisotopic (exact) mass is 483 g/mol. The van der Waals surface area contributed by atoms with Gasteiger partial charge in [0.2, 0.25) is 5.95 Å². The van der Waals surface area contributed by atoms with E-state index < -0.39 is 5.69 Å². The summed E-state index contributed by atoms with van der Waals surface area (Å²) in [6, 6.07) is 10.7. The van der Waals surface area contributed by atoms with Crippen molar-refractivity contribution in [2.45, 2.75) is 6.54 Å². The number of benzene rings is 2. The molecule has 0 amide bonds. The van der Waals surface area contributed by atoms with Crippen molar-refractivity contribution in [3.8, 4) is 11.4 Å². The summed E-state index contributed by atoms with van der Waals surface area (Å²) < 4.78 is 6.95. The third-order valence-corrected chi connectivity index (χ3v) is 5.94. The van der Waals surface area contributed by atoms with Gasteiger partial charge < -0.3 is 15.8 Å². The number of para-hydroxylation sites is 1. The molecule has 0 saturated heterocycles. The van der Waals surface area contributed by atoms with Crippen LogP contribution in [0.2, 0.25) is 10.0 Å². The van der Waals surface area contributed by atoms with E-state index in [-0.39, 0.29) is 33.1 Å². The van der Waals surface area contributed by atoms with Crippen molar-refractivity contribution in [2.75, 3.05) is 31.2 Å². The Labute approximate surface area is 198 Å². The zero-order valence-corrected chi connectivity index (χ0v) is 19.1. The van der Waals surface area contributed by atoms with Crippen LogP contribution in [0, 0.1) is 0 Å². The molecule has 0 radical (unpaired) electrons. The van der Waals surface area contributed by atoms with Gasteiger partial charge in [0.1, 0.15) is 18.2 Å². The maximum atomic E-state index is 12.8. The van der Waals surface area contributed by atoms with Crippen LogP contribution in [0.25, 0.3) is 16.7 Å². The molecule has 0 atom stereocenters. The van der Waals surface area contributed by atoms with Crippen LogP contribution in [-0.4, -0.2) is 44.6 Å². The molecule has 0 aliphatic carbocycles. The fraction of sp³-hybridized carbons (Fsp3) is 0.182. The number of likely N-dealkylation sites (N-methyl/N-ethyl adjacent to an activating group) is 1. The average molecular weight is 484 g/mol. The van der Waals surface area contributed by atoms with Gasteiger partial charge in [-0.15, -0.1) is 0 Å². The summed E-state index contributed by atoms with van der Waals surface area (Å²) in [5.74, 6) is 1.24. The Morgan fingerprint density at radius 1 is 1.15 bits per heavy atom. The number of nitrogens with one attached hydrogen (secondary N) is 1. The van der Waals surface area contributed by atoms with Gasteiger partial charge in [-0.1, -0.05) is 29.3 Å². The highest BCUT2D eigenvalue weighted by Crippen LogP contribution is 2.31. The van der Waals surface area contributed by atoms with Gasteiger partial charge in [0.15, 0.2) is 5.65 Å². The predicted molar refractivity (Wildman–Crippen MR) is 129 cm³/mol. The van der Waals surface area contributed by atoms with E-state index in [1.165, 1.54) is 6.20 Å². The molecule has 0 unspecified atom stereocenters. The number of nitrogen functional groups attached to an aromatic ring is 1. The van der Waals surface area contributed by atoms with Gasteiger partial charge >= 0.3 is 5.69 Å². The van der Waals surface area contributed by atoms with Crippen LogP contribution < -0.4 is 21.5 Å². The van der Waals surface area contributed by atoms with Crippen LogP contribution in [-0.2, 0) is 6.54 Å². The van der Waals surface area contributed by atoms with Crippen LogP contribution in [0.15, 0.2) is 47.4 Å². The van der Waals surface area contributed by atoms with Crippen LogP contribution in [0.4, 0.5) is 17.5 Å². The first-order valence-corrected chi connectivity index (χ1v) is 10.9. The number of nitrogens with two attached hydrogens (primary N) is 1. The van der Waals surface area contributed by atoms with Crippen LogP contribution in [0.1, 0.15) is 5.56 Å². The van der Waals surface area contributed by atoms with E-state index >= 15 is 0 Å². The molecular formula is C22H19Cl2N7O2. The van der Waals surface area contributed by atoms with Crippen molar-refractivity contribution >= 4 is 51.7 Å². The van der Waals surface area contributed by atoms with Crippen molar-refractivity contribution < 1.29 is 4.74 Å². The van der Waals surface area contributed by atoms with E-state index in [9.17, 15) is 4.79 Å². The average Bonchev–Trinajstić information content (AvgIpc) is 2.95. The minimum absolute atomic E-state index is 0.0942. The van der Waals surface area contributed by atoms with Crippen molar-refractivity contribution in [1.29, 1.82) is 0 Å². The Morgan fingerprint density at radius 2 is 1.94 bits per heavy atom. The largest absolute Gasteiger partial charge is 0.492 e. The van der Waals surface area contributed by atoms with Crippen molar-refractivity contribution in [3.63, 3.8) is 0 Å². The zero-order valence-electron chi connectivity index (χ0n) is 17.5. The molecule has 0 bridgehead atoms. The Morgan fingerprint density at radius 3 is 2.73 bits per heavy atom. The Bertz CT molecular complexity index is 1420. The maximum absolute atomic E-state index is 12.8. The smallest absolute Gasteiger partial charge is 0.355 e.